The summed E-state index contributed by atoms with van der Waals surface area (Å²) in [6.07, 6.45) is 2.45. The third-order valence-electron chi connectivity index (χ3n) is 6.49. The summed E-state index contributed by atoms with van der Waals surface area (Å²) in [5.74, 6) is 0.737. The van der Waals surface area contributed by atoms with E-state index in [1.165, 1.54) is 12.1 Å². The first-order chi connectivity index (χ1) is 18.1. The van der Waals surface area contributed by atoms with Crippen molar-refractivity contribution in [2.45, 2.75) is 47.1 Å². The highest BCUT2D eigenvalue weighted by atomic mass is 19.1. The van der Waals surface area contributed by atoms with Gasteiger partial charge in [0.15, 0.2) is 0 Å². The van der Waals surface area contributed by atoms with Crippen LogP contribution in [0.1, 0.15) is 57.0 Å². The lowest BCUT2D eigenvalue weighted by atomic mass is 9.85. The third-order valence-corrected chi connectivity index (χ3v) is 6.49. The molecule has 1 aromatic heterocycles. The van der Waals surface area contributed by atoms with E-state index in [2.05, 4.69) is 24.5 Å². The number of allylic oxidation sites excluding steroid dienone is 3. The van der Waals surface area contributed by atoms with Crippen LogP contribution in [0.2, 0.25) is 0 Å². The molecule has 0 bridgehead atoms. The van der Waals surface area contributed by atoms with Gasteiger partial charge < -0.3 is 19.8 Å². The van der Waals surface area contributed by atoms with Crippen LogP contribution in [0.25, 0.3) is 27.9 Å². The number of hydrogen-bond acceptors (Lipinski definition) is 4. The van der Waals surface area contributed by atoms with Crippen molar-refractivity contribution in [2.24, 2.45) is 11.8 Å². The van der Waals surface area contributed by atoms with Gasteiger partial charge in [0.1, 0.15) is 22.9 Å². The van der Waals surface area contributed by atoms with Gasteiger partial charge in [-0.2, -0.15) is 0 Å². The number of carbonyl (C=O) groups excluding carboxylic acids is 2. The normalized spacial score (nSPS) is 15.7. The summed E-state index contributed by atoms with van der Waals surface area (Å²) in [6.45, 7) is 10.7. The van der Waals surface area contributed by atoms with E-state index in [-0.39, 0.29) is 29.7 Å². The van der Waals surface area contributed by atoms with Gasteiger partial charge in [-0.25, -0.2) is 4.39 Å². The molecule has 7 heteroatoms. The van der Waals surface area contributed by atoms with Crippen molar-refractivity contribution in [3.05, 3.63) is 76.8 Å². The third kappa shape index (κ3) is 5.67. The van der Waals surface area contributed by atoms with Crippen molar-refractivity contribution >= 4 is 28.4 Å². The van der Waals surface area contributed by atoms with Crippen molar-refractivity contribution in [2.75, 3.05) is 13.6 Å². The number of halogens is 1. The fourth-order valence-electron chi connectivity index (χ4n) is 4.63. The molecule has 0 saturated heterocycles. The molecule has 1 atom stereocenters. The Bertz CT molecular complexity index is 1410. The van der Waals surface area contributed by atoms with Crippen LogP contribution >= 0.6 is 0 Å². The molecule has 6 nitrogen and oxygen atoms in total. The zero-order valence-electron chi connectivity index (χ0n) is 22.8. The summed E-state index contributed by atoms with van der Waals surface area (Å²) in [7, 11) is 1.56. The predicted molar refractivity (Wildman–Crippen MR) is 148 cm³/mol. The van der Waals surface area contributed by atoms with Gasteiger partial charge in [0.25, 0.3) is 5.91 Å². The zero-order valence-corrected chi connectivity index (χ0v) is 22.8. The largest absolute Gasteiger partial charge is 0.495 e. The van der Waals surface area contributed by atoms with Gasteiger partial charge in [0, 0.05) is 42.1 Å². The minimum absolute atomic E-state index is 0.0103. The fraction of sp³-hybridized carbons (Fsp3) is 0.355. The fourth-order valence-corrected chi connectivity index (χ4v) is 4.63. The van der Waals surface area contributed by atoms with Crippen LogP contribution in [0.3, 0.4) is 0 Å². The average molecular weight is 519 g/mol. The monoisotopic (exact) mass is 518 g/mol. The van der Waals surface area contributed by atoms with Gasteiger partial charge in [-0.3, -0.25) is 9.59 Å². The Morgan fingerprint density at radius 1 is 1.05 bits per heavy atom. The minimum Gasteiger partial charge on any atom is -0.495 e. The molecule has 3 aromatic rings. The number of nitrogens with one attached hydrogen (secondary N) is 2. The smallest absolute Gasteiger partial charge is 0.255 e. The number of amides is 2. The Hall–Kier alpha value is -3.87. The quantitative estimate of drug-likeness (QED) is 0.358. The highest BCUT2D eigenvalue weighted by molar-refractivity contribution is 6.11. The van der Waals surface area contributed by atoms with E-state index in [0.717, 1.165) is 16.9 Å². The summed E-state index contributed by atoms with van der Waals surface area (Å²) >= 11 is 0. The molecule has 2 aromatic carbocycles. The molecule has 0 saturated carbocycles. The van der Waals surface area contributed by atoms with E-state index in [1.54, 1.807) is 19.2 Å². The second-order valence-corrected chi connectivity index (χ2v) is 10.4. The summed E-state index contributed by atoms with van der Waals surface area (Å²) in [5, 5.41) is 6.34. The van der Waals surface area contributed by atoms with Crippen LogP contribution in [-0.4, -0.2) is 31.5 Å². The van der Waals surface area contributed by atoms with Crippen LogP contribution in [0, 0.1) is 17.7 Å². The van der Waals surface area contributed by atoms with Crippen LogP contribution in [0.4, 0.5) is 4.39 Å². The van der Waals surface area contributed by atoms with E-state index >= 15 is 0 Å². The van der Waals surface area contributed by atoms with Gasteiger partial charge in [0.05, 0.1) is 11.7 Å². The van der Waals surface area contributed by atoms with E-state index in [1.807, 2.05) is 45.0 Å². The van der Waals surface area contributed by atoms with Crippen LogP contribution < -0.4 is 10.6 Å². The number of ether oxygens (including phenoxy) is 1. The van der Waals surface area contributed by atoms with Crippen molar-refractivity contribution in [3.63, 3.8) is 0 Å². The van der Waals surface area contributed by atoms with Gasteiger partial charge in [0.2, 0.25) is 5.91 Å². The summed E-state index contributed by atoms with van der Waals surface area (Å²) in [5.41, 5.74) is 3.81. The van der Waals surface area contributed by atoms with Crippen LogP contribution in [0.15, 0.2) is 64.3 Å². The first kappa shape index (κ1) is 27.2. The maximum Gasteiger partial charge on any atom is 0.255 e. The average Bonchev–Trinajstić information content (AvgIpc) is 3.25. The number of carbonyl (C=O) groups is 2. The van der Waals surface area contributed by atoms with Crippen LogP contribution in [0.5, 0.6) is 0 Å². The number of fused-ring (bicyclic) bond motifs is 1. The summed E-state index contributed by atoms with van der Waals surface area (Å²) in [6, 6.07) is 11.5. The lowest BCUT2D eigenvalue weighted by Gasteiger charge is -2.27. The summed E-state index contributed by atoms with van der Waals surface area (Å²) < 4.78 is 25.9. The highest BCUT2D eigenvalue weighted by Gasteiger charge is 2.28. The second-order valence-electron chi connectivity index (χ2n) is 10.4. The Morgan fingerprint density at radius 2 is 1.74 bits per heavy atom. The molecule has 0 aliphatic heterocycles. The van der Waals surface area contributed by atoms with E-state index in [4.69, 9.17) is 9.15 Å². The van der Waals surface area contributed by atoms with E-state index in [0.29, 0.717) is 52.3 Å². The number of benzene rings is 2. The predicted octanol–water partition coefficient (Wildman–Crippen LogP) is 6.47. The first-order valence-corrected chi connectivity index (χ1v) is 13.0. The standard InChI is InChI=1S/C31H35FN2O4/c1-17(2)16-34-30(35)23-15-24(27(13-19(23)5)37-18(3)4)21-9-12-26-25(14-21)28(31(36)33-6)29(38-26)20-7-10-22(32)11-8-20/h7-12,14-15,17-19H,13,16H2,1-6H3,(H,33,36)(H,34,35). The molecule has 1 heterocycles. The van der Waals surface area contributed by atoms with Gasteiger partial charge in [-0.1, -0.05) is 26.8 Å². The Morgan fingerprint density at radius 3 is 2.37 bits per heavy atom. The van der Waals surface area contributed by atoms with Crippen molar-refractivity contribution < 1.29 is 23.1 Å². The highest BCUT2D eigenvalue weighted by Crippen LogP contribution is 2.39. The molecule has 1 unspecified atom stereocenters. The molecular formula is C31H35FN2O4. The molecule has 0 spiro atoms. The SMILES string of the molecule is CNC(=O)c1c(-c2ccc(F)cc2)oc2ccc(C3=C(OC(C)C)CC(C)C(C(=O)NCC(C)C)=C3)cc12. The molecule has 38 heavy (non-hydrogen) atoms. The lowest BCUT2D eigenvalue weighted by Crippen LogP contribution is -2.32. The van der Waals surface area contributed by atoms with E-state index < -0.39 is 0 Å². The Labute approximate surface area is 222 Å². The maximum absolute atomic E-state index is 13.6. The second kappa shape index (κ2) is 11.3. The molecule has 2 N–H and O–H groups in total. The van der Waals surface area contributed by atoms with Gasteiger partial charge >= 0.3 is 0 Å². The van der Waals surface area contributed by atoms with Crippen molar-refractivity contribution in [1.29, 1.82) is 0 Å². The molecule has 200 valence electrons. The minimum atomic E-state index is -0.371. The zero-order chi connectivity index (χ0) is 27.6. The first-order valence-electron chi connectivity index (χ1n) is 13.0. The molecule has 4 rings (SSSR count). The molecule has 2 amide bonds. The molecule has 1 aliphatic rings. The van der Waals surface area contributed by atoms with Crippen molar-refractivity contribution in [3.8, 4) is 11.3 Å². The Kier molecular flexibility index (Phi) is 8.05. The van der Waals surface area contributed by atoms with Crippen molar-refractivity contribution in [1.82, 2.24) is 10.6 Å². The maximum atomic E-state index is 13.6. The van der Waals surface area contributed by atoms with Gasteiger partial charge in [-0.05, 0) is 73.7 Å². The molecule has 0 radical (unpaired) electrons. The number of rotatable bonds is 8. The topological polar surface area (TPSA) is 80.6 Å². The van der Waals surface area contributed by atoms with E-state index in [9.17, 15) is 14.0 Å². The number of hydrogen-bond donors (Lipinski definition) is 2. The molecule has 1 aliphatic carbocycles. The van der Waals surface area contributed by atoms with Crippen LogP contribution in [-0.2, 0) is 9.53 Å². The summed E-state index contributed by atoms with van der Waals surface area (Å²) in [4.78, 5) is 26.1. The van der Waals surface area contributed by atoms with Gasteiger partial charge in [-0.15, -0.1) is 0 Å². The number of furan rings is 1. The molecular weight excluding hydrogens is 483 g/mol. The lowest BCUT2D eigenvalue weighted by molar-refractivity contribution is -0.118. The molecule has 0 fully saturated rings. The Balaban J connectivity index is 1.87.